The molecule has 2 aliphatic rings. The molecule has 4 rings (SSSR count). The van der Waals surface area contributed by atoms with Gasteiger partial charge in [-0.1, -0.05) is 67.8 Å². The summed E-state index contributed by atoms with van der Waals surface area (Å²) in [5.74, 6) is -1.47. The van der Waals surface area contributed by atoms with Crippen molar-refractivity contribution in [3.63, 3.8) is 0 Å². The van der Waals surface area contributed by atoms with E-state index in [9.17, 15) is 19.5 Å². The summed E-state index contributed by atoms with van der Waals surface area (Å²) < 4.78 is 5.43. The van der Waals surface area contributed by atoms with Crippen molar-refractivity contribution in [2.45, 2.75) is 62.9 Å². The largest absolute Gasteiger partial charge is 0.480 e. The third-order valence-electron chi connectivity index (χ3n) is 6.56. The highest BCUT2D eigenvalue weighted by atomic mass is 16.5. The standard InChI is InChI=1S/C26H30N2O5/c29-24(27-17-8-2-1-3-9-17)15-14-23(25(30)31)28-26(32)33-16-22-20-12-6-4-10-18(20)19-11-5-7-13-21(19)22/h4-7,10-13,17,22-23H,1-3,8-9,14-16H2,(H,27,29)(H,28,32)(H,30,31)/t23-/m0/s1. The Bertz CT molecular complexity index is 970. The van der Waals surface area contributed by atoms with E-state index in [1.165, 1.54) is 6.42 Å². The number of carboxylic acid groups (broad SMARTS) is 1. The number of amides is 2. The van der Waals surface area contributed by atoms with Gasteiger partial charge in [-0.25, -0.2) is 9.59 Å². The smallest absolute Gasteiger partial charge is 0.407 e. The topological polar surface area (TPSA) is 105 Å². The van der Waals surface area contributed by atoms with Crippen molar-refractivity contribution in [3.8, 4) is 11.1 Å². The van der Waals surface area contributed by atoms with E-state index in [2.05, 4.69) is 10.6 Å². The van der Waals surface area contributed by atoms with E-state index in [0.29, 0.717) is 0 Å². The normalized spacial score (nSPS) is 16.4. The fraction of sp³-hybridized carbons (Fsp3) is 0.423. The zero-order valence-corrected chi connectivity index (χ0v) is 18.6. The van der Waals surface area contributed by atoms with Crippen molar-refractivity contribution in [3.05, 3.63) is 59.7 Å². The number of nitrogens with one attached hydrogen (secondary N) is 2. The fourth-order valence-corrected chi connectivity index (χ4v) is 4.86. The van der Waals surface area contributed by atoms with Gasteiger partial charge in [0.25, 0.3) is 0 Å². The Morgan fingerprint density at radius 2 is 1.55 bits per heavy atom. The van der Waals surface area contributed by atoms with Crippen LogP contribution in [0.15, 0.2) is 48.5 Å². The molecule has 0 unspecified atom stereocenters. The molecule has 174 valence electrons. The number of ether oxygens (including phenoxy) is 1. The summed E-state index contributed by atoms with van der Waals surface area (Å²) in [5, 5.41) is 14.9. The lowest BCUT2D eigenvalue weighted by atomic mass is 9.95. The van der Waals surface area contributed by atoms with Gasteiger partial charge in [-0.3, -0.25) is 4.79 Å². The van der Waals surface area contributed by atoms with E-state index >= 15 is 0 Å². The minimum atomic E-state index is -1.19. The molecule has 2 amide bonds. The molecule has 2 aromatic rings. The first-order valence-electron chi connectivity index (χ1n) is 11.7. The summed E-state index contributed by atoms with van der Waals surface area (Å²) in [6.07, 6.45) is 4.58. The third kappa shape index (κ3) is 5.53. The van der Waals surface area contributed by atoms with Crippen LogP contribution >= 0.6 is 0 Å². The van der Waals surface area contributed by atoms with Crippen LogP contribution in [0.2, 0.25) is 0 Å². The number of hydrogen-bond donors (Lipinski definition) is 3. The van der Waals surface area contributed by atoms with Gasteiger partial charge in [-0.05, 0) is 41.5 Å². The van der Waals surface area contributed by atoms with E-state index in [1.54, 1.807) is 0 Å². The van der Waals surface area contributed by atoms with Crippen LogP contribution in [0.4, 0.5) is 4.79 Å². The molecule has 0 spiro atoms. The molecule has 1 saturated carbocycles. The predicted molar refractivity (Wildman–Crippen MR) is 124 cm³/mol. The number of carbonyl (C=O) groups excluding carboxylic acids is 2. The second-order valence-corrected chi connectivity index (χ2v) is 8.80. The Labute approximate surface area is 193 Å². The number of aliphatic carboxylic acids is 1. The molecule has 0 aliphatic heterocycles. The molecule has 1 fully saturated rings. The van der Waals surface area contributed by atoms with Gasteiger partial charge < -0.3 is 20.5 Å². The van der Waals surface area contributed by atoms with E-state index in [0.717, 1.165) is 47.9 Å². The molecule has 0 saturated heterocycles. The second-order valence-electron chi connectivity index (χ2n) is 8.80. The maximum absolute atomic E-state index is 12.4. The summed E-state index contributed by atoms with van der Waals surface area (Å²) in [6.45, 7) is 0.106. The summed E-state index contributed by atoms with van der Waals surface area (Å²) in [6, 6.07) is 15.0. The Hall–Kier alpha value is -3.35. The summed E-state index contributed by atoms with van der Waals surface area (Å²) in [4.78, 5) is 36.2. The molecule has 33 heavy (non-hydrogen) atoms. The minimum absolute atomic E-state index is 0.0120. The number of benzene rings is 2. The maximum atomic E-state index is 12.4. The molecule has 0 aromatic heterocycles. The number of carbonyl (C=O) groups is 3. The lowest BCUT2D eigenvalue weighted by Gasteiger charge is -2.23. The first-order valence-corrected chi connectivity index (χ1v) is 11.7. The molecule has 7 heteroatoms. The monoisotopic (exact) mass is 450 g/mol. The van der Waals surface area contributed by atoms with Crippen molar-refractivity contribution in [1.82, 2.24) is 10.6 Å². The van der Waals surface area contributed by atoms with Gasteiger partial charge in [-0.2, -0.15) is 0 Å². The number of carboxylic acids is 1. The molecule has 2 aromatic carbocycles. The zero-order valence-electron chi connectivity index (χ0n) is 18.6. The van der Waals surface area contributed by atoms with Gasteiger partial charge in [-0.15, -0.1) is 0 Å². The summed E-state index contributed by atoms with van der Waals surface area (Å²) in [5.41, 5.74) is 4.41. The summed E-state index contributed by atoms with van der Waals surface area (Å²) in [7, 11) is 0. The highest BCUT2D eigenvalue weighted by molar-refractivity contribution is 5.82. The summed E-state index contributed by atoms with van der Waals surface area (Å²) >= 11 is 0. The van der Waals surface area contributed by atoms with Gasteiger partial charge in [0.1, 0.15) is 12.6 Å². The van der Waals surface area contributed by atoms with Crippen LogP contribution in [-0.4, -0.2) is 41.8 Å². The quantitative estimate of drug-likeness (QED) is 0.559. The predicted octanol–water partition coefficient (Wildman–Crippen LogP) is 4.21. The van der Waals surface area contributed by atoms with Crippen LogP contribution in [0.3, 0.4) is 0 Å². The number of hydrogen-bond acceptors (Lipinski definition) is 4. The molecule has 0 heterocycles. The number of alkyl carbamates (subject to hydrolysis) is 1. The Balaban J connectivity index is 1.30. The Morgan fingerprint density at radius 3 is 2.15 bits per heavy atom. The van der Waals surface area contributed by atoms with Crippen LogP contribution in [0, 0.1) is 0 Å². The Kier molecular flexibility index (Phi) is 7.27. The lowest BCUT2D eigenvalue weighted by molar-refractivity contribution is -0.139. The van der Waals surface area contributed by atoms with E-state index in [-0.39, 0.29) is 37.3 Å². The molecular formula is C26H30N2O5. The van der Waals surface area contributed by atoms with Crippen molar-refractivity contribution in [2.24, 2.45) is 0 Å². The molecule has 7 nitrogen and oxygen atoms in total. The zero-order chi connectivity index (χ0) is 23.2. The van der Waals surface area contributed by atoms with Crippen LogP contribution < -0.4 is 10.6 Å². The van der Waals surface area contributed by atoms with Gasteiger partial charge in [0, 0.05) is 18.4 Å². The van der Waals surface area contributed by atoms with Crippen LogP contribution in [0.25, 0.3) is 11.1 Å². The molecule has 1 atom stereocenters. The SMILES string of the molecule is O=C(CC[C@H](NC(=O)OCC1c2ccccc2-c2ccccc21)C(=O)O)NC1CCCCC1. The minimum Gasteiger partial charge on any atom is -0.480 e. The average Bonchev–Trinajstić information content (AvgIpc) is 3.14. The van der Waals surface area contributed by atoms with Crippen molar-refractivity contribution >= 4 is 18.0 Å². The average molecular weight is 451 g/mol. The first kappa shape index (κ1) is 22.8. The van der Waals surface area contributed by atoms with E-state index in [4.69, 9.17) is 4.74 Å². The molecule has 2 aliphatic carbocycles. The van der Waals surface area contributed by atoms with Crippen LogP contribution in [0.5, 0.6) is 0 Å². The van der Waals surface area contributed by atoms with Gasteiger partial charge in [0.2, 0.25) is 5.91 Å². The van der Waals surface area contributed by atoms with Crippen molar-refractivity contribution < 1.29 is 24.2 Å². The lowest BCUT2D eigenvalue weighted by Crippen LogP contribution is -2.43. The van der Waals surface area contributed by atoms with Gasteiger partial charge in [0.15, 0.2) is 0 Å². The maximum Gasteiger partial charge on any atom is 0.407 e. The first-order chi connectivity index (χ1) is 16.0. The van der Waals surface area contributed by atoms with Crippen LogP contribution in [0.1, 0.15) is 62.0 Å². The van der Waals surface area contributed by atoms with Crippen molar-refractivity contribution in [1.29, 1.82) is 0 Å². The second kappa shape index (κ2) is 10.5. The molecule has 0 radical (unpaired) electrons. The molecular weight excluding hydrogens is 420 g/mol. The van der Waals surface area contributed by atoms with Gasteiger partial charge in [0.05, 0.1) is 0 Å². The third-order valence-corrected chi connectivity index (χ3v) is 6.56. The molecule has 3 N–H and O–H groups in total. The highest BCUT2D eigenvalue weighted by Crippen LogP contribution is 2.44. The highest BCUT2D eigenvalue weighted by Gasteiger charge is 2.30. The van der Waals surface area contributed by atoms with Crippen LogP contribution in [-0.2, 0) is 14.3 Å². The number of rotatable bonds is 8. The Morgan fingerprint density at radius 1 is 0.939 bits per heavy atom. The van der Waals surface area contributed by atoms with E-state index < -0.39 is 18.1 Å². The van der Waals surface area contributed by atoms with Gasteiger partial charge >= 0.3 is 12.1 Å². The van der Waals surface area contributed by atoms with E-state index in [1.807, 2.05) is 48.5 Å². The number of fused-ring (bicyclic) bond motifs is 3. The molecule has 0 bridgehead atoms. The van der Waals surface area contributed by atoms with Crippen molar-refractivity contribution in [2.75, 3.05) is 6.61 Å². The fourth-order valence-electron chi connectivity index (χ4n) is 4.86.